The van der Waals surface area contributed by atoms with E-state index in [2.05, 4.69) is 39.7 Å². The lowest BCUT2D eigenvalue weighted by atomic mass is 9.91. The van der Waals surface area contributed by atoms with Crippen LogP contribution in [0.4, 0.5) is 0 Å². The lowest BCUT2D eigenvalue weighted by Crippen LogP contribution is -2.24. The second kappa shape index (κ2) is 14.9. The average molecular weight is 511 g/mol. The van der Waals surface area contributed by atoms with Crippen molar-refractivity contribution in [2.24, 2.45) is 0 Å². The molecule has 1 unspecified atom stereocenters. The molecular formula is C29H39ClN4O2. The summed E-state index contributed by atoms with van der Waals surface area (Å²) in [6, 6.07) is 14.2. The molecule has 0 spiro atoms. The highest BCUT2D eigenvalue weighted by Crippen LogP contribution is 2.35. The van der Waals surface area contributed by atoms with E-state index in [-0.39, 0.29) is 0 Å². The molecule has 1 atom stereocenters. The molecule has 1 heterocycles. The van der Waals surface area contributed by atoms with Crippen molar-refractivity contribution in [1.29, 1.82) is 0 Å². The molecule has 1 aliphatic rings. The molecule has 3 N–H and O–H groups in total. The van der Waals surface area contributed by atoms with E-state index in [1.54, 1.807) is 0 Å². The summed E-state index contributed by atoms with van der Waals surface area (Å²) in [7, 11) is 4.06. The minimum atomic E-state index is 0.316. The van der Waals surface area contributed by atoms with Crippen LogP contribution in [0.1, 0.15) is 65.3 Å². The van der Waals surface area contributed by atoms with Gasteiger partial charge in [-0.05, 0) is 107 Å². The molecule has 194 valence electrons. The van der Waals surface area contributed by atoms with Gasteiger partial charge in [-0.15, -0.1) is 0 Å². The van der Waals surface area contributed by atoms with Gasteiger partial charge in [-0.25, -0.2) is 0 Å². The SMILES string of the molecule is CNCCCN(C)CCCC=O.O=Cc1ccc2[nH]c3c(c2c1)CCCC3NCc1ccc(Cl)cc1. The summed E-state index contributed by atoms with van der Waals surface area (Å²) in [5, 5.41) is 8.72. The number of halogens is 1. The lowest BCUT2D eigenvalue weighted by Gasteiger charge is -2.24. The highest BCUT2D eigenvalue weighted by Gasteiger charge is 2.24. The van der Waals surface area contributed by atoms with Crippen LogP contribution in [0.15, 0.2) is 42.5 Å². The predicted molar refractivity (Wildman–Crippen MR) is 149 cm³/mol. The number of nitrogens with one attached hydrogen (secondary N) is 3. The summed E-state index contributed by atoms with van der Waals surface area (Å²) < 4.78 is 0. The predicted octanol–water partition coefficient (Wildman–Crippen LogP) is 5.31. The topological polar surface area (TPSA) is 77.2 Å². The molecule has 4 rings (SSSR count). The van der Waals surface area contributed by atoms with Gasteiger partial charge in [0.1, 0.15) is 12.6 Å². The number of rotatable bonds is 12. The van der Waals surface area contributed by atoms with Crippen molar-refractivity contribution in [1.82, 2.24) is 20.5 Å². The summed E-state index contributed by atoms with van der Waals surface area (Å²) >= 11 is 5.95. The monoisotopic (exact) mass is 510 g/mol. The molecule has 0 bridgehead atoms. The maximum absolute atomic E-state index is 11.1. The van der Waals surface area contributed by atoms with Crippen molar-refractivity contribution in [3.05, 3.63) is 69.9 Å². The highest BCUT2D eigenvalue weighted by atomic mass is 35.5. The molecule has 36 heavy (non-hydrogen) atoms. The first-order valence-electron chi connectivity index (χ1n) is 12.9. The standard InChI is InChI=1S/C20H19ClN2O.C9H20N2O/c21-15-7-4-13(5-8-15)11-22-19-3-1-2-16-17-10-14(12-24)6-9-18(17)23-20(16)19;1-10-6-5-8-11(2)7-3-4-9-12/h4-10,12,19,22-23H,1-3,11H2;9-10H,3-8H2,1-2H3. The Morgan fingerprint density at radius 1 is 1.11 bits per heavy atom. The van der Waals surface area contributed by atoms with Gasteiger partial charge >= 0.3 is 0 Å². The molecule has 0 saturated carbocycles. The van der Waals surface area contributed by atoms with Gasteiger partial charge in [-0.3, -0.25) is 4.79 Å². The molecule has 6 nitrogen and oxygen atoms in total. The average Bonchev–Trinajstić information content (AvgIpc) is 3.27. The Balaban J connectivity index is 0.000000257. The first-order valence-corrected chi connectivity index (χ1v) is 13.3. The van der Waals surface area contributed by atoms with E-state index in [4.69, 9.17) is 11.6 Å². The van der Waals surface area contributed by atoms with Crippen LogP contribution < -0.4 is 10.6 Å². The van der Waals surface area contributed by atoms with Gasteiger partial charge in [-0.1, -0.05) is 23.7 Å². The Hall–Kier alpha value is -2.51. The molecular weight excluding hydrogens is 472 g/mol. The van der Waals surface area contributed by atoms with Crippen LogP contribution in [0.25, 0.3) is 10.9 Å². The number of aryl methyl sites for hydroxylation is 1. The number of H-pyrrole nitrogens is 1. The number of aldehydes is 2. The van der Waals surface area contributed by atoms with Crippen LogP contribution in [-0.2, 0) is 17.8 Å². The molecule has 7 heteroatoms. The number of aromatic nitrogens is 1. The van der Waals surface area contributed by atoms with Gasteiger partial charge in [0, 0.05) is 46.2 Å². The molecule has 0 radical (unpaired) electrons. The van der Waals surface area contributed by atoms with Gasteiger partial charge in [0.25, 0.3) is 0 Å². The number of unbranched alkanes of at least 4 members (excludes halogenated alkanes) is 1. The number of nitrogens with zero attached hydrogens (tertiary/aromatic N) is 1. The van der Waals surface area contributed by atoms with Gasteiger partial charge in [0.05, 0.1) is 0 Å². The second-order valence-corrected chi connectivity index (χ2v) is 9.90. The lowest BCUT2D eigenvalue weighted by molar-refractivity contribution is -0.108. The maximum Gasteiger partial charge on any atom is 0.150 e. The number of fused-ring (bicyclic) bond motifs is 3. The maximum atomic E-state index is 11.1. The van der Waals surface area contributed by atoms with Crippen LogP contribution >= 0.6 is 11.6 Å². The molecule has 2 aromatic carbocycles. The number of hydrogen-bond acceptors (Lipinski definition) is 5. The zero-order valence-electron chi connectivity index (χ0n) is 21.5. The first kappa shape index (κ1) is 28.1. The highest BCUT2D eigenvalue weighted by molar-refractivity contribution is 6.30. The van der Waals surface area contributed by atoms with E-state index in [1.165, 1.54) is 28.6 Å². The summed E-state index contributed by atoms with van der Waals surface area (Å²) in [4.78, 5) is 26.9. The van der Waals surface area contributed by atoms with Crippen LogP contribution in [0.2, 0.25) is 5.02 Å². The minimum absolute atomic E-state index is 0.316. The van der Waals surface area contributed by atoms with Crippen LogP contribution in [0.3, 0.4) is 0 Å². The number of hydrogen-bond donors (Lipinski definition) is 3. The van der Waals surface area contributed by atoms with E-state index in [9.17, 15) is 9.59 Å². The zero-order valence-corrected chi connectivity index (χ0v) is 22.2. The number of benzene rings is 2. The zero-order chi connectivity index (χ0) is 25.8. The molecule has 3 aromatic rings. The number of carbonyl (C=O) groups excluding carboxylic acids is 2. The molecule has 0 aliphatic heterocycles. The van der Waals surface area contributed by atoms with Crippen molar-refractivity contribution in [3.8, 4) is 0 Å². The van der Waals surface area contributed by atoms with Crippen LogP contribution in [0.5, 0.6) is 0 Å². The Kier molecular flexibility index (Phi) is 11.6. The normalized spacial score (nSPS) is 14.8. The van der Waals surface area contributed by atoms with Crippen LogP contribution in [0, 0.1) is 0 Å². The molecule has 0 fully saturated rings. The van der Waals surface area contributed by atoms with Gasteiger partial charge in [0.2, 0.25) is 0 Å². The van der Waals surface area contributed by atoms with E-state index in [1.807, 2.05) is 37.4 Å². The quantitative estimate of drug-likeness (QED) is 0.227. The number of carbonyl (C=O) groups is 2. The van der Waals surface area contributed by atoms with Crippen molar-refractivity contribution in [2.45, 2.75) is 51.1 Å². The third-order valence-electron chi connectivity index (χ3n) is 6.66. The number of aromatic amines is 1. The van der Waals surface area contributed by atoms with Crippen LogP contribution in [-0.4, -0.2) is 56.2 Å². The van der Waals surface area contributed by atoms with Gasteiger partial charge in [-0.2, -0.15) is 0 Å². The molecule has 0 amide bonds. The molecule has 1 aromatic heterocycles. The summed E-state index contributed by atoms with van der Waals surface area (Å²) in [5.74, 6) is 0. The van der Waals surface area contributed by atoms with E-state index >= 15 is 0 Å². The Labute approximate surface area is 219 Å². The Bertz CT molecular complexity index is 1100. The largest absolute Gasteiger partial charge is 0.357 e. The molecule has 1 aliphatic carbocycles. The van der Waals surface area contributed by atoms with E-state index < -0.39 is 0 Å². The van der Waals surface area contributed by atoms with Gasteiger partial charge in [0.15, 0.2) is 0 Å². The van der Waals surface area contributed by atoms with Crippen molar-refractivity contribution in [2.75, 3.05) is 33.7 Å². The second-order valence-electron chi connectivity index (χ2n) is 9.46. The summed E-state index contributed by atoms with van der Waals surface area (Å²) in [6.45, 7) is 4.02. The van der Waals surface area contributed by atoms with Crippen molar-refractivity contribution < 1.29 is 9.59 Å². The fourth-order valence-corrected chi connectivity index (χ4v) is 4.81. The summed E-state index contributed by atoms with van der Waals surface area (Å²) in [6.07, 6.45) is 8.09. The van der Waals surface area contributed by atoms with Gasteiger partial charge < -0.3 is 25.3 Å². The van der Waals surface area contributed by atoms with E-state index in [0.717, 1.165) is 80.5 Å². The fourth-order valence-electron chi connectivity index (χ4n) is 4.68. The third-order valence-corrected chi connectivity index (χ3v) is 6.91. The van der Waals surface area contributed by atoms with E-state index in [0.29, 0.717) is 12.5 Å². The Morgan fingerprint density at radius 3 is 2.61 bits per heavy atom. The van der Waals surface area contributed by atoms with Crippen molar-refractivity contribution >= 4 is 35.1 Å². The first-order chi connectivity index (χ1) is 17.5. The molecule has 0 saturated heterocycles. The third kappa shape index (κ3) is 8.27. The Morgan fingerprint density at radius 2 is 1.89 bits per heavy atom. The minimum Gasteiger partial charge on any atom is -0.357 e. The smallest absolute Gasteiger partial charge is 0.150 e. The summed E-state index contributed by atoms with van der Waals surface area (Å²) in [5.41, 5.74) is 5.71. The van der Waals surface area contributed by atoms with Crippen molar-refractivity contribution in [3.63, 3.8) is 0 Å². The fraction of sp³-hybridized carbons (Fsp3) is 0.448.